The van der Waals surface area contributed by atoms with Crippen molar-refractivity contribution in [3.63, 3.8) is 0 Å². The second-order valence-corrected chi connectivity index (χ2v) is 11.6. The van der Waals surface area contributed by atoms with Gasteiger partial charge in [0.1, 0.15) is 0 Å². The molecule has 4 saturated carbocycles. The largest absolute Gasteiger partial charge is 0.378 e. The molecule has 3 N–H and O–H groups in total. The number of rotatable bonds is 7. The highest BCUT2D eigenvalue weighted by Crippen LogP contribution is 2.61. The van der Waals surface area contributed by atoms with Gasteiger partial charge in [-0.05, 0) is 128 Å². The van der Waals surface area contributed by atoms with E-state index >= 15 is 0 Å². The van der Waals surface area contributed by atoms with E-state index in [2.05, 4.69) is 66.4 Å². The zero-order valence-electron chi connectivity index (χ0n) is 20.4. The molecule has 0 saturated heterocycles. The van der Waals surface area contributed by atoms with Crippen molar-refractivity contribution in [3.8, 4) is 11.3 Å². The van der Waals surface area contributed by atoms with Crippen LogP contribution in [0.2, 0.25) is 0 Å². The van der Waals surface area contributed by atoms with E-state index < -0.39 is 0 Å². The minimum atomic E-state index is 0.447. The van der Waals surface area contributed by atoms with Gasteiger partial charge in [-0.1, -0.05) is 18.2 Å². The Morgan fingerprint density at radius 1 is 0.909 bits per heavy atom. The summed E-state index contributed by atoms with van der Waals surface area (Å²) in [5.74, 6) is 2.94. The van der Waals surface area contributed by atoms with Crippen molar-refractivity contribution in [2.45, 2.75) is 63.2 Å². The lowest BCUT2D eigenvalue weighted by Crippen LogP contribution is -2.48. The number of aromatic amines is 1. The van der Waals surface area contributed by atoms with E-state index in [9.17, 15) is 0 Å². The van der Waals surface area contributed by atoms with Gasteiger partial charge in [-0.3, -0.25) is 0 Å². The zero-order valence-corrected chi connectivity index (χ0v) is 20.4. The Morgan fingerprint density at radius 2 is 1.58 bits per heavy atom. The SMILES string of the molecule is CN(C)c1ccc(-c2[nH]c3ccc(C45CC6CC(CC(C6)C4)C5)cc3c2CCCCN)cc1. The molecule has 1 aromatic heterocycles. The van der Waals surface area contributed by atoms with Crippen LogP contribution in [0.4, 0.5) is 5.69 Å². The third-order valence-corrected chi connectivity index (χ3v) is 9.11. The maximum atomic E-state index is 5.86. The van der Waals surface area contributed by atoms with Crippen LogP contribution in [-0.2, 0) is 11.8 Å². The third kappa shape index (κ3) is 3.69. The lowest BCUT2D eigenvalue weighted by atomic mass is 9.48. The maximum absolute atomic E-state index is 5.86. The molecule has 33 heavy (non-hydrogen) atoms. The Morgan fingerprint density at radius 3 is 2.18 bits per heavy atom. The number of fused-ring (bicyclic) bond motifs is 1. The monoisotopic (exact) mass is 441 g/mol. The van der Waals surface area contributed by atoms with Crippen LogP contribution in [0.3, 0.4) is 0 Å². The van der Waals surface area contributed by atoms with Gasteiger partial charge in [0.15, 0.2) is 0 Å². The molecule has 0 atom stereocenters. The summed E-state index contributed by atoms with van der Waals surface area (Å²) in [6.45, 7) is 0.772. The van der Waals surface area contributed by atoms with Crippen molar-refractivity contribution >= 4 is 16.6 Å². The smallest absolute Gasteiger partial charge is 0.0497 e. The van der Waals surface area contributed by atoms with Crippen LogP contribution in [0.25, 0.3) is 22.2 Å². The molecule has 174 valence electrons. The van der Waals surface area contributed by atoms with Gasteiger partial charge in [0.2, 0.25) is 0 Å². The summed E-state index contributed by atoms with van der Waals surface area (Å²) in [5, 5.41) is 1.45. The van der Waals surface area contributed by atoms with Gasteiger partial charge < -0.3 is 15.6 Å². The summed E-state index contributed by atoms with van der Waals surface area (Å²) in [6, 6.07) is 16.4. The lowest BCUT2D eigenvalue weighted by molar-refractivity contribution is -0.00513. The number of unbranched alkanes of at least 4 members (excludes halogenated alkanes) is 1. The van der Waals surface area contributed by atoms with Gasteiger partial charge >= 0.3 is 0 Å². The summed E-state index contributed by atoms with van der Waals surface area (Å²) in [6.07, 6.45) is 12.1. The van der Waals surface area contributed by atoms with Gasteiger partial charge in [-0.15, -0.1) is 0 Å². The van der Waals surface area contributed by atoms with Crippen LogP contribution >= 0.6 is 0 Å². The molecule has 0 radical (unpaired) electrons. The molecular formula is C30H39N3. The third-order valence-electron chi connectivity index (χ3n) is 9.11. The summed E-state index contributed by atoms with van der Waals surface area (Å²) < 4.78 is 0. The molecule has 0 amide bonds. The quantitative estimate of drug-likeness (QED) is 0.403. The normalized spacial score (nSPS) is 28.0. The first-order valence-electron chi connectivity index (χ1n) is 13.2. The van der Waals surface area contributed by atoms with Crippen LogP contribution in [-0.4, -0.2) is 25.6 Å². The van der Waals surface area contributed by atoms with E-state index in [0.717, 1.165) is 43.6 Å². The zero-order chi connectivity index (χ0) is 22.6. The van der Waals surface area contributed by atoms with Crippen LogP contribution in [0.5, 0.6) is 0 Å². The Bertz CT molecular complexity index is 1100. The molecule has 4 aliphatic carbocycles. The van der Waals surface area contributed by atoms with Crippen LogP contribution in [0.1, 0.15) is 62.5 Å². The summed E-state index contributed by atoms with van der Waals surface area (Å²) in [4.78, 5) is 5.97. The Kier molecular flexibility index (Phi) is 5.29. The summed E-state index contributed by atoms with van der Waals surface area (Å²) in [5.41, 5.74) is 14.5. The molecule has 7 rings (SSSR count). The van der Waals surface area contributed by atoms with Crippen molar-refractivity contribution in [2.24, 2.45) is 23.5 Å². The van der Waals surface area contributed by atoms with Crippen LogP contribution in [0, 0.1) is 17.8 Å². The minimum Gasteiger partial charge on any atom is -0.378 e. The molecule has 0 aliphatic heterocycles. The van der Waals surface area contributed by atoms with Gasteiger partial charge in [-0.2, -0.15) is 0 Å². The number of nitrogens with two attached hydrogens (primary N) is 1. The standard InChI is InChI=1S/C30H39N3/c1-33(2)25-9-6-23(7-10-25)29-26(5-3-4-12-31)27-16-24(8-11-28(27)32-29)30-17-20-13-21(18-30)15-22(14-20)19-30/h6-11,16,20-22,32H,3-5,12-15,17-19,31H2,1-2H3. The fourth-order valence-electron chi connectivity index (χ4n) is 7.92. The van der Waals surface area contributed by atoms with Crippen molar-refractivity contribution in [1.82, 2.24) is 4.98 Å². The predicted molar refractivity (Wildman–Crippen MR) is 140 cm³/mol. The van der Waals surface area contributed by atoms with E-state index in [-0.39, 0.29) is 0 Å². The first kappa shape index (κ1) is 21.3. The number of anilines is 1. The molecule has 0 spiro atoms. The first-order valence-corrected chi connectivity index (χ1v) is 13.2. The van der Waals surface area contributed by atoms with Gasteiger partial charge in [-0.25, -0.2) is 0 Å². The number of H-pyrrole nitrogens is 1. The van der Waals surface area contributed by atoms with Crippen LogP contribution in [0.15, 0.2) is 42.5 Å². The molecule has 1 heterocycles. The number of hydrogen-bond donors (Lipinski definition) is 2. The van der Waals surface area contributed by atoms with Gasteiger partial charge in [0.25, 0.3) is 0 Å². The van der Waals surface area contributed by atoms with E-state index in [1.54, 1.807) is 5.56 Å². The molecule has 4 bridgehead atoms. The maximum Gasteiger partial charge on any atom is 0.0497 e. The molecule has 3 nitrogen and oxygen atoms in total. The van der Waals surface area contributed by atoms with Crippen molar-refractivity contribution in [1.29, 1.82) is 0 Å². The topological polar surface area (TPSA) is 45.0 Å². The lowest BCUT2D eigenvalue weighted by Gasteiger charge is -2.57. The Hall–Kier alpha value is -2.26. The highest BCUT2D eigenvalue weighted by molar-refractivity contribution is 5.91. The first-order chi connectivity index (χ1) is 16.0. The molecule has 3 heteroatoms. The molecule has 4 fully saturated rings. The highest BCUT2D eigenvalue weighted by Gasteiger charge is 2.51. The fourth-order valence-corrected chi connectivity index (χ4v) is 7.92. The second kappa shape index (κ2) is 8.20. The van der Waals surface area contributed by atoms with Crippen molar-refractivity contribution in [2.75, 3.05) is 25.5 Å². The van der Waals surface area contributed by atoms with E-state index in [1.807, 2.05) is 0 Å². The van der Waals surface area contributed by atoms with E-state index in [4.69, 9.17) is 5.73 Å². The van der Waals surface area contributed by atoms with Crippen LogP contribution < -0.4 is 10.6 Å². The summed E-state index contributed by atoms with van der Waals surface area (Å²) in [7, 11) is 4.20. The number of benzene rings is 2. The minimum absolute atomic E-state index is 0.447. The van der Waals surface area contributed by atoms with Crippen molar-refractivity contribution in [3.05, 3.63) is 53.6 Å². The number of aromatic nitrogens is 1. The molecule has 3 aromatic rings. The fraction of sp³-hybridized carbons (Fsp3) is 0.533. The number of nitrogens with one attached hydrogen (secondary N) is 1. The highest BCUT2D eigenvalue weighted by atomic mass is 15.1. The number of hydrogen-bond acceptors (Lipinski definition) is 2. The summed E-state index contributed by atoms with van der Waals surface area (Å²) >= 11 is 0. The van der Waals surface area contributed by atoms with E-state index in [1.165, 1.54) is 71.9 Å². The predicted octanol–water partition coefficient (Wildman–Crippen LogP) is 6.65. The van der Waals surface area contributed by atoms with Gasteiger partial charge in [0.05, 0.1) is 0 Å². The average Bonchev–Trinajstić information content (AvgIpc) is 3.16. The average molecular weight is 442 g/mol. The molecule has 2 aromatic carbocycles. The Labute approximate surface area is 198 Å². The Balaban J connectivity index is 1.42. The molecule has 4 aliphatic rings. The second-order valence-electron chi connectivity index (χ2n) is 11.6. The number of aryl methyl sites for hydroxylation is 1. The number of nitrogens with zero attached hydrogens (tertiary/aromatic N) is 1. The van der Waals surface area contributed by atoms with E-state index in [0.29, 0.717) is 5.41 Å². The van der Waals surface area contributed by atoms with Crippen molar-refractivity contribution < 1.29 is 0 Å². The van der Waals surface area contributed by atoms with Gasteiger partial charge in [0, 0.05) is 36.4 Å². The molecular weight excluding hydrogens is 402 g/mol. The molecule has 0 unspecified atom stereocenters.